The third-order valence-electron chi connectivity index (χ3n) is 6.85. The van der Waals surface area contributed by atoms with Crippen molar-refractivity contribution >= 4 is 42.4 Å². The van der Waals surface area contributed by atoms with Gasteiger partial charge >= 0.3 is 13.6 Å². The number of anilines is 1. The summed E-state index contributed by atoms with van der Waals surface area (Å²) < 4.78 is 36.7. The number of carbonyl (C=O) groups excluding carboxylic acids is 3. The van der Waals surface area contributed by atoms with Crippen molar-refractivity contribution < 1.29 is 37.5 Å². The second kappa shape index (κ2) is 14.2. The van der Waals surface area contributed by atoms with Crippen LogP contribution in [0.4, 0.5) is 5.82 Å². The summed E-state index contributed by atoms with van der Waals surface area (Å²) in [5, 5.41) is 0. The zero-order valence-corrected chi connectivity index (χ0v) is 26.0. The van der Waals surface area contributed by atoms with Crippen LogP contribution in [0.25, 0.3) is 11.2 Å². The van der Waals surface area contributed by atoms with Crippen molar-refractivity contribution in [2.45, 2.75) is 45.9 Å². The van der Waals surface area contributed by atoms with Crippen molar-refractivity contribution in [1.29, 1.82) is 0 Å². The lowest BCUT2D eigenvalue weighted by atomic mass is 10.1. The maximum Gasteiger partial charge on any atom is 0.356 e. The molecule has 13 nitrogen and oxygen atoms in total. The predicted molar refractivity (Wildman–Crippen MR) is 164 cm³/mol. The van der Waals surface area contributed by atoms with Crippen molar-refractivity contribution in [1.82, 2.24) is 19.5 Å². The van der Waals surface area contributed by atoms with Gasteiger partial charge in [0.05, 0.1) is 44.7 Å². The fourth-order valence-corrected chi connectivity index (χ4v) is 6.22. The Morgan fingerprint density at radius 3 is 2.11 bits per heavy atom. The van der Waals surface area contributed by atoms with E-state index in [4.69, 9.17) is 18.5 Å². The summed E-state index contributed by atoms with van der Waals surface area (Å²) in [6.45, 7) is 5.74. The van der Waals surface area contributed by atoms with Crippen molar-refractivity contribution in [3.63, 3.8) is 0 Å². The van der Waals surface area contributed by atoms with Gasteiger partial charge in [0.15, 0.2) is 17.0 Å². The third kappa shape index (κ3) is 7.87. The highest BCUT2D eigenvalue weighted by Gasteiger charge is 2.35. The number of hydrogen-bond donors (Lipinski definition) is 0. The van der Waals surface area contributed by atoms with Crippen LogP contribution in [0.1, 0.15) is 47.9 Å². The summed E-state index contributed by atoms with van der Waals surface area (Å²) >= 11 is 0. The van der Waals surface area contributed by atoms with Crippen molar-refractivity contribution in [3.8, 4) is 0 Å². The van der Waals surface area contributed by atoms with Crippen LogP contribution in [0, 0.1) is 5.92 Å². The number of nitrogens with zero attached hydrogens (tertiary/aromatic N) is 5. The van der Waals surface area contributed by atoms with E-state index in [1.807, 2.05) is 0 Å². The highest BCUT2D eigenvalue weighted by atomic mass is 31.2. The van der Waals surface area contributed by atoms with Crippen LogP contribution in [-0.4, -0.2) is 69.1 Å². The van der Waals surface area contributed by atoms with Gasteiger partial charge in [0.2, 0.25) is 0 Å². The first-order valence-electron chi connectivity index (χ1n) is 14.5. The smallest absolute Gasteiger partial charge is 0.356 e. The van der Waals surface area contributed by atoms with E-state index in [-0.39, 0.29) is 61.9 Å². The second-order valence-corrected chi connectivity index (χ2v) is 12.9. The zero-order valence-electron chi connectivity index (χ0n) is 25.1. The van der Waals surface area contributed by atoms with Crippen molar-refractivity contribution in [3.05, 3.63) is 84.4 Å². The second-order valence-electron chi connectivity index (χ2n) is 10.9. The molecule has 236 valence electrons. The molecule has 1 atom stereocenters. The van der Waals surface area contributed by atoms with Gasteiger partial charge in [-0.1, -0.05) is 36.4 Å². The molecule has 1 aliphatic heterocycles. The molecule has 2 aromatic heterocycles. The first kappa shape index (κ1) is 32.1. The standard InChI is InChI=1S/C31H34N5O8P/c1-21(2)44-26(37)14-23-16-42-45(40,43-17-23)20-41-22(3)15-35-19-34-27-28(35)32-18-33-29(27)36(30(38)24-10-6-4-7-11-24)31(39)25-12-8-5-9-13-25/h4-13,18-19,21-23H,14-17,20H2,1-3H3/t22-,23?,45?/m1/s1. The first-order valence-corrected chi connectivity index (χ1v) is 16.2. The molecule has 0 radical (unpaired) electrons. The predicted octanol–water partition coefficient (Wildman–Crippen LogP) is 4.87. The summed E-state index contributed by atoms with van der Waals surface area (Å²) in [4.78, 5) is 53.4. The van der Waals surface area contributed by atoms with E-state index in [0.29, 0.717) is 16.8 Å². The van der Waals surface area contributed by atoms with Crippen LogP contribution in [0.5, 0.6) is 0 Å². The minimum atomic E-state index is -3.52. The summed E-state index contributed by atoms with van der Waals surface area (Å²) in [5.74, 6) is -1.71. The minimum Gasteiger partial charge on any atom is -0.463 e. The molecule has 2 aromatic carbocycles. The number of amides is 2. The molecule has 1 aliphatic rings. The quantitative estimate of drug-likeness (QED) is 0.126. The summed E-state index contributed by atoms with van der Waals surface area (Å²) in [6.07, 6.45) is 1.90. The number of aromatic nitrogens is 4. The maximum atomic E-state index is 13.7. The Balaban J connectivity index is 1.29. The van der Waals surface area contributed by atoms with E-state index in [1.54, 1.807) is 86.0 Å². The molecule has 0 saturated carbocycles. The van der Waals surface area contributed by atoms with E-state index in [2.05, 4.69) is 15.0 Å². The van der Waals surface area contributed by atoms with E-state index >= 15 is 0 Å². The number of fused-ring (bicyclic) bond motifs is 1. The number of ether oxygens (including phenoxy) is 2. The van der Waals surface area contributed by atoms with E-state index in [1.165, 1.54) is 12.7 Å². The van der Waals surface area contributed by atoms with Crippen LogP contribution in [-0.2, 0) is 34.4 Å². The van der Waals surface area contributed by atoms with Gasteiger partial charge in [-0.2, -0.15) is 0 Å². The monoisotopic (exact) mass is 635 g/mol. The number of hydrogen-bond acceptors (Lipinski definition) is 11. The van der Waals surface area contributed by atoms with E-state index < -0.39 is 25.5 Å². The molecule has 0 bridgehead atoms. The van der Waals surface area contributed by atoms with Crippen molar-refractivity contribution in [2.75, 3.05) is 24.5 Å². The van der Waals surface area contributed by atoms with E-state index in [0.717, 1.165) is 4.90 Å². The number of benzene rings is 2. The summed E-state index contributed by atoms with van der Waals surface area (Å²) in [6, 6.07) is 16.9. The van der Waals surface area contributed by atoms with Gasteiger partial charge in [0.1, 0.15) is 12.7 Å². The zero-order chi connectivity index (χ0) is 32.0. The number of carbonyl (C=O) groups is 3. The molecular formula is C31H34N5O8P. The Labute approximate surface area is 260 Å². The molecule has 0 unspecified atom stereocenters. The highest BCUT2D eigenvalue weighted by Crippen LogP contribution is 2.52. The van der Waals surface area contributed by atoms with Gasteiger partial charge in [-0.05, 0) is 45.0 Å². The number of imide groups is 1. The topological polar surface area (TPSA) is 152 Å². The van der Waals surface area contributed by atoms with Gasteiger partial charge in [-0.3, -0.25) is 18.9 Å². The average Bonchev–Trinajstić information content (AvgIpc) is 3.45. The lowest BCUT2D eigenvalue weighted by molar-refractivity contribution is -0.149. The molecule has 1 saturated heterocycles. The first-order chi connectivity index (χ1) is 21.6. The Bertz CT molecular complexity index is 1630. The average molecular weight is 636 g/mol. The molecule has 0 N–H and O–H groups in total. The van der Waals surface area contributed by atoms with Crippen molar-refractivity contribution in [2.24, 2.45) is 5.92 Å². The Hall–Kier alpha value is -4.29. The fourth-order valence-electron chi connectivity index (χ4n) is 4.68. The van der Waals surface area contributed by atoms with Crippen LogP contribution < -0.4 is 4.90 Å². The SMILES string of the molecule is CC(C)OC(=O)CC1COP(=O)(CO[C@H](C)Cn2cnc3c(N(C(=O)c4ccccc4)C(=O)c4ccccc4)ncnc32)OC1. The van der Waals surface area contributed by atoms with Crippen LogP contribution in [0.3, 0.4) is 0 Å². The molecule has 2 amide bonds. The fraction of sp³-hybridized carbons (Fsp3) is 0.355. The van der Waals surface area contributed by atoms with Crippen LogP contribution in [0.15, 0.2) is 73.3 Å². The molecular weight excluding hydrogens is 601 g/mol. The number of imidazole rings is 1. The molecule has 45 heavy (non-hydrogen) atoms. The molecule has 1 fully saturated rings. The van der Waals surface area contributed by atoms with Crippen LogP contribution >= 0.6 is 7.60 Å². The third-order valence-corrected chi connectivity index (χ3v) is 8.40. The highest BCUT2D eigenvalue weighted by molar-refractivity contribution is 7.53. The van der Waals surface area contributed by atoms with Gasteiger partial charge < -0.3 is 23.1 Å². The number of esters is 1. The lowest BCUT2D eigenvalue weighted by Crippen LogP contribution is -2.38. The minimum absolute atomic E-state index is 0.0373. The lowest BCUT2D eigenvalue weighted by Gasteiger charge is -2.29. The van der Waals surface area contributed by atoms with Gasteiger partial charge in [-0.25, -0.2) is 19.9 Å². The van der Waals surface area contributed by atoms with Crippen LogP contribution in [0.2, 0.25) is 0 Å². The normalized spacial score (nSPS) is 18.9. The molecule has 3 heterocycles. The molecule has 0 aliphatic carbocycles. The van der Waals surface area contributed by atoms with E-state index in [9.17, 15) is 18.9 Å². The summed E-state index contributed by atoms with van der Waals surface area (Å²) in [5.41, 5.74) is 1.22. The Kier molecular flexibility index (Phi) is 10.1. The van der Waals surface area contributed by atoms with Gasteiger partial charge in [0.25, 0.3) is 11.8 Å². The number of rotatable bonds is 11. The maximum absolute atomic E-state index is 13.7. The largest absolute Gasteiger partial charge is 0.463 e. The molecule has 14 heteroatoms. The molecule has 0 spiro atoms. The molecule has 5 rings (SSSR count). The molecule has 4 aromatic rings. The van der Waals surface area contributed by atoms with Gasteiger partial charge in [0, 0.05) is 17.0 Å². The Morgan fingerprint density at radius 1 is 0.933 bits per heavy atom. The van der Waals surface area contributed by atoms with Gasteiger partial charge in [-0.15, -0.1) is 0 Å². The Morgan fingerprint density at radius 2 is 1.53 bits per heavy atom. The summed E-state index contributed by atoms with van der Waals surface area (Å²) in [7, 11) is -3.52.